The second-order valence-electron chi connectivity index (χ2n) is 8.71. The number of carbonyl (C=O) groups is 2. The van der Waals surface area contributed by atoms with Crippen LogP contribution in [-0.2, 0) is 19.1 Å². The van der Waals surface area contributed by atoms with Gasteiger partial charge < -0.3 is 14.2 Å². The first-order chi connectivity index (χ1) is 14.0. The molecule has 2 fully saturated rings. The molecule has 156 valence electrons. The topological polar surface area (TPSA) is 61.8 Å². The molecule has 4 rings (SSSR count). The smallest absolute Gasteiger partial charge is 0.309 e. The first-order valence-corrected chi connectivity index (χ1v) is 10.9. The van der Waals surface area contributed by atoms with Gasteiger partial charge in [-0.3, -0.25) is 9.59 Å². The Balaban J connectivity index is 1.37. The van der Waals surface area contributed by atoms with Gasteiger partial charge in [-0.05, 0) is 56.7 Å². The second-order valence-corrected chi connectivity index (χ2v) is 8.71. The van der Waals surface area contributed by atoms with Gasteiger partial charge in [0.25, 0.3) is 0 Å². The number of ketones is 1. The van der Waals surface area contributed by atoms with Crippen LogP contribution in [0, 0.1) is 25.7 Å². The molecule has 3 aliphatic rings. The number of allylic oxidation sites excluding steroid dienone is 1. The standard InChI is InChI=1S/C24H30O5/c1-15-8-9-16(2)20(12-15)29-22-14-27-21-13-18(10-11-19(21)23(22)25)28-24(26)17-6-4-3-5-7-17/h8-9,12,14,17-19,21H,3-7,10-11,13H2,1-2H3. The van der Waals surface area contributed by atoms with E-state index in [2.05, 4.69) is 0 Å². The van der Waals surface area contributed by atoms with Crippen molar-refractivity contribution in [1.29, 1.82) is 0 Å². The lowest BCUT2D eigenvalue weighted by Gasteiger charge is -2.37. The number of ether oxygens (including phenoxy) is 3. The van der Waals surface area contributed by atoms with Crippen LogP contribution < -0.4 is 4.74 Å². The van der Waals surface area contributed by atoms with Crippen LogP contribution >= 0.6 is 0 Å². The summed E-state index contributed by atoms with van der Waals surface area (Å²) in [4.78, 5) is 25.4. The molecule has 0 radical (unpaired) electrons. The molecule has 0 aromatic heterocycles. The highest BCUT2D eigenvalue weighted by Gasteiger charge is 2.42. The fourth-order valence-corrected chi connectivity index (χ4v) is 4.65. The van der Waals surface area contributed by atoms with Crippen molar-refractivity contribution in [2.45, 2.75) is 77.4 Å². The number of fused-ring (bicyclic) bond motifs is 1. The summed E-state index contributed by atoms with van der Waals surface area (Å²) < 4.78 is 17.5. The van der Waals surface area contributed by atoms with Crippen molar-refractivity contribution >= 4 is 11.8 Å². The minimum Gasteiger partial charge on any atom is -0.493 e. The Kier molecular flexibility index (Phi) is 5.93. The molecular weight excluding hydrogens is 368 g/mol. The van der Waals surface area contributed by atoms with E-state index in [1.54, 1.807) is 0 Å². The summed E-state index contributed by atoms with van der Waals surface area (Å²) in [5.41, 5.74) is 2.05. The average Bonchev–Trinajstić information content (AvgIpc) is 2.73. The molecule has 3 atom stereocenters. The fraction of sp³-hybridized carbons (Fsp3) is 0.583. The zero-order chi connectivity index (χ0) is 20.4. The third-order valence-electron chi connectivity index (χ3n) is 6.46. The first-order valence-electron chi connectivity index (χ1n) is 10.9. The molecule has 5 heteroatoms. The molecule has 1 aromatic rings. The number of hydrogen-bond donors (Lipinski definition) is 0. The number of aryl methyl sites for hydroxylation is 2. The number of hydrogen-bond acceptors (Lipinski definition) is 5. The maximum absolute atomic E-state index is 13.0. The van der Waals surface area contributed by atoms with Crippen molar-refractivity contribution in [3.05, 3.63) is 41.3 Å². The van der Waals surface area contributed by atoms with E-state index in [0.29, 0.717) is 25.0 Å². The first kappa shape index (κ1) is 20.0. The highest BCUT2D eigenvalue weighted by atomic mass is 16.6. The Morgan fingerprint density at radius 2 is 1.86 bits per heavy atom. The molecular formula is C24H30O5. The van der Waals surface area contributed by atoms with Gasteiger partial charge in [-0.2, -0.15) is 0 Å². The molecule has 0 saturated heterocycles. The highest BCUT2D eigenvalue weighted by molar-refractivity contribution is 5.96. The summed E-state index contributed by atoms with van der Waals surface area (Å²) in [6, 6.07) is 5.92. The minimum atomic E-state index is -0.244. The average molecular weight is 398 g/mol. The van der Waals surface area contributed by atoms with Gasteiger partial charge >= 0.3 is 5.97 Å². The van der Waals surface area contributed by atoms with Crippen molar-refractivity contribution in [1.82, 2.24) is 0 Å². The normalized spacial score (nSPS) is 27.4. The molecule has 1 aromatic carbocycles. The van der Waals surface area contributed by atoms with Gasteiger partial charge in [0.1, 0.15) is 24.2 Å². The second kappa shape index (κ2) is 8.60. The Hall–Kier alpha value is -2.30. The highest BCUT2D eigenvalue weighted by Crippen LogP contribution is 2.36. The van der Waals surface area contributed by atoms with Gasteiger partial charge in [-0.1, -0.05) is 31.4 Å². The molecule has 0 amide bonds. The predicted molar refractivity (Wildman–Crippen MR) is 108 cm³/mol. The summed E-state index contributed by atoms with van der Waals surface area (Å²) in [6.45, 7) is 3.95. The Labute approximate surface area is 172 Å². The summed E-state index contributed by atoms with van der Waals surface area (Å²) in [7, 11) is 0. The van der Waals surface area contributed by atoms with E-state index < -0.39 is 0 Å². The van der Waals surface area contributed by atoms with Crippen molar-refractivity contribution in [2.75, 3.05) is 0 Å². The van der Waals surface area contributed by atoms with Crippen LogP contribution in [0.2, 0.25) is 0 Å². The SMILES string of the molecule is Cc1ccc(C)c(OC2=COC3CC(OC(=O)C4CCCCC4)CCC3C2=O)c1. The molecule has 1 heterocycles. The van der Waals surface area contributed by atoms with E-state index in [-0.39, 0.29) is 41.6 Å². The van der Waals surface area contributed by atoms with E-state index in [9.17, 15) is 9.59 Å². The van der Waals surface area contributed by atoms with Gasteiger partial charge in [-0.15, -0.1) is 0 Å². The van der Waals surface area contributed by atoms with Crippen molar-refractivity contribution in [2.24, 2.45) is 11.8 Å². The third-order valence-corrected chi connectivity index (χ3v) is 6.46. The van der Waals surface area contributed by atoms with Crippen LogP contribution in [0.25, 0.3) is 0 Å². The zero-order valence-corrected chi connectivity index (χ0v) is 17.3. The molecule has 2 saturated carbocycles. The van der Waals surface area contributed by atoms with Gasteiger partial charge in [0.05, 0.1) is 11.8 Å². The third kappa shape index (κ3) is 4.49. The molecule has 0 bridgehead atoms. The number of benzene rings is 1. The summed E-state index contributed by atoms with van der Waals surface area (Å²) >= 11 is 0. The maximum atomic E-state index is 13.0. The lowest BCUT2D eigenvalue weighted by molar-refractivity contribution is -0.160. The summed E-state index contributed by atoms with van der Waals surface area (Å²) in [5.74, 6) is 0.681. The largest absolute Gasteiger partial charge is 0.493 e. The van der Waals surface area contributed by atoms with Gasteiger partial charge in [0.15, 0.2) is 0 Å². The van der Waals surface area contributed by atoms with Gasteiger partial charge in [0.2, 0.25) is 11.5 Å². The van der Waals surface area contributed by atoms with E-state index in [1.165, 1.54) is 12.7 Å². The van der Waals surface area contributed by atoms with Gasteiger partial charge in [0, 0.05) is 6.42 Å². The van der Waals surface area contributed by atoms with Crippen LogP contribution in [0.3, 0.4) is 0 Å². The van der Waals surface area contributed by atoms with E-state index >= 15 is 0 Å². The number of rotatable bonds is 4. The van der Waals surface area contributed by atoms with E-state index in [4.69, 9.17) is 14.2 Å². The van der Waals surface area contributed by atoms with Crippen LogP contribution in [0.5, 0.6) is 5.75 Å². The maximum Gasteiger partial charge on any atom is 0.309 e. The zero-order valence-electron chi connectivity index (χ0n) is 17.3. The van der Waals surface area contributed by atoms with Gasteiger partial charge in [-0.25, -0.2) is 0 Å². The molecule has 0 N–H and O–H groups in total. The van der Waals surface area contributed by atoms with Crippen LogP contribution in [-0.4, -0.2) is 24.0 Å². The summed E-state index contributed by atoms with van der Waals surface area (Å²) in [5, 5.41) is 0. The fourth-order valence-electron chi connectivity index (χ4n) is 4.65. The predicted octanol–water partition coefficient (Wildman–Crippen LogP) is 4.78. The number of carbonyl (C=O) groups excluding carboxylic acids is 2. The Morgan fingerprint density at radius 3 is 2.66 bits per heavy atom. The molecule has 2 aliphatic carbocycles. The lowest BCUT2D eigenvalue weighted by atomic mass is 9.80. The van der Waals surface area contributed by atoms with E-state index in [1.807, 2.05) is 32.0 Å². The van der Waals surface area contributed by atoms with Crippen LogP contribution in [0.4, 0.5) is 0 Å². The molecule has 0 spiro atoms. The lowest BCUT2D eigenvalue weighted by Crippen LogP contribution is -2.43. The molecule has 5 nitrogen and oxygen atoms in total. The van der Waals surface area contributed by atoms with E-state index in [0.717, 1.165) is 36.8 Å². The number of Topliss-reactive ketones (excluding diaryl/α,β-unsaturated/α-hetero) is 1. The monoisotopic (exact) mass is 398 g/mol. The Morgan fingerprint density at radius 1 is 1.07 bits per heavy atom. The molecule has 3 unspecified atom stereocenters. The summed E-state index contributed by atoms with van der Waals surface area (Å²) in [6.07, 6.45) is 8.28. The quantitative estimate of drug-likeness (QED) is 0.683. The van der Waals surface area contributed by atoms with Crippen LogP contribution in [0.15, 0.2) is 30.2 Å². The Bertz CT molecular complexity index is 805. The van der Waals surface area contributed by atoms with Crippen molar-refractivity contribution < 1.29 is 23.8 Å². The molecule has 29 heavy (non-hydrogen) atoms. The number of esters is 1. The minimum absolute atomic E-state index is 0.0146. The van der Waals surface area contributed by atoms with Crippen molar-refractivity contribution in [3.8, 4) is 5.75 Å². The van der Waals surface area contributed by atoms with Crippen molar-refractivity contribution in [3.63, 3.8) is 0 Å². The van der Waals surface area contributed by atoms with Crippen LogP contribution in [0.1, 0.15) is 62.5 Å². The molecule has 1 aliphatic heterocycles.